The van der Waals surface area contributed by atoms with Crippen LogP contribution in [0.2, 0.25) is 0 Å². The minimum Gasteiger partial charge on any atom is -0.302 e. The number of anilines is 1. The van der Waals surface area contributed by atoms with Crippen molar-refractivity contribution >= 4 is 33.3 Å². The third kappa shape index (κ3) is 4.69. The molecule has 6 nitrogen and oxygen atoms in total. The second-order valence-corrected chi connectivity index (χ2v) is 8.52. The number of fused-ring (bicyclic) bond motifs is 1. The predicted molar refractivity (Wildman–Crippen MR) is 120 cm³/mol. The molecule has 158 valence electrons. The molecule has 0 aliphatic carbocycles. The van der Waals surface area contributed by atoms with Gasteiger partial charge >= 0.3 is 0 Å². The van der Waals surface area contributed by atoms with Crippen LogP contribution in [-0.4, -0.2) is 20.4 Å². The number of nitrogens with zero attached hydrogens (tertiary/aromatic N) is 3. The Hall–Kier alpha value is -3.39. The van der Waals surface area contributed by atoms with Crippen LogP contribution < -0.4 is 10.9 Å². The number of carbonyl (C=O) groups excluding carboxylic acids is 1. The van der Waals surface area contributed by atoms with E-state index in [2.05, 4.69) is 15.3 Å². The summed E-state index contributed by atoms with van der Waals surface area (Å²) in [5, 5.41) is 3.78. The van der Waals surface area contributed by atoms with Gasteiger partial charge in [-0.3, -0.25) is 14.2 Å². The highest BCUT2D eigenvalue weighted by atomic mass is 32.1. The molecule has 4 rings (SSSR count). The molecule has 0 aliphatic rings. The zero-order chi connectivity index (χ0) is 22.0. The molecule has 1 amide bonds. The number of aromatic nitrogens is 3. The molecule has 0 unspecified atom stereocenters. The highest BCUT2D eigenvalue weighted by Crippen LogP contribution is 2.22. The summed E-state index contributed by atoms with van der Waals surface area (Å²) in [5.41, 5.74) is 2.91. The molecule has 1 N–H and O–H groups in total. The number of nitrogens with one attached hydrogen (secondary N) is 1. The molecular formula is C23H21FN4O2S. The lowest BCUT2D eigenvalue weighted by molar-refractivity contribution is -0.116. The lowest BCUT2D eigenvalue weighted by atomic mass is 10.1. The Morgan fingerprint density at radius 1 is 1.16 bits per heavy atom. The number of para-hydroxylation sites is 1. The van der Waals surface area contributed by atoms with E-state index in [1.807, 2.05) is 25.1 Å². The van der Waals surface area contributed by atoms with E-state index in [0.29, 0.717) is 28.0 Å². The fourth-order valence-corrected chi connectivity index (χ4v) is 4.16. The van der Waals surface area contributed by atoms with Gasteiger partial charge in [-0.25, -0.2) is 14.4 Å². The number of amides is 1. The highest BCUT2D eigenvalue weighted by Gasteiger charge is 2.11. The molecule has 0 bridgehead atoms. The first-order chi connectivity index (χ1) is 14.9. The van der Waals surface area contributed by atoms with E-state index in [9.17, 15) is 14.0 Å². The Labute approximate surface area is 182 Å². The van der Waals surface area contributed by atoms with Crippen LogP contribution in [0.4, 0.5) is 9.52 Å². The second-order valence-electron chi connectivity index (χ2n) is 7.40. The molecule has 4 aromatic rings. The number of rotatable bonds is 6. The summed E-state index contributed by atoms with van der Waals surface area (Å²) in [4.78, 5) is 34.5. The van der Waals surface area contributed by atoms with Crippen LogP contribution >= 0.6 is 11.3 Å². The van der Waals surface area contributed by atoms with Crippen molar-refractivity contribution in [1.82, 2.24) is 14.5 Å². The van der Waals surface area contributed by atoms with Crippen molar-refractivity contribution in [2.24, 2.45) is 0 Å². The van der Waals surface area contributed by atoms with E-state index in [1.54, 1.807) is 25.3 Å². The number of hydrogen-bond acceptors (Lipinski definition) is 5. The Kier molecular flexibility index (Phi) is 5.90. The largest absolute Gasteiger partial charge is 0.302 e. The number of aryl methyl sites for hydroxylation is 3. The molecule has 2 heterocycles. The van der Waals surface area contributed by atoms with Crippen molar-refractivity contribution in [1.29, 1.82) is 0 Å². The van der Waals surface area contributed by atoms with Crippen LogP contribution in [0.25, 0.3) is 10.9 Å². The molecule has 2 aromatic carbocycles. The van der Waals surface area contributed by atoms with E-state index in [0.717, 1.165) is 16.0 Å². The minimum atomic E-state index is -0.237. The van der Waals surface area contributed by atoms with E-state index >= 15 is 0 Å². The monoisotopic (exact) mass is 436 g/mol. The number of carbonyl (C=O) groups is 1. The standard InChI is InChI=1S/C23H21FN4O2S/c1-14-6-7-16(11-19(14)24)10-17-12-25-23(31-17)27-20(29)8-9-28-13-26-21-15(2)4-3-5-18(21)22(28)30/h3-7,11-13H,8-10H2,1-2H3,(H,25,27,29). The molecule has 0 fully saturated rings. The predicted octanol–water partition coefficient (Wildman–Crippen LogP) is 4.23. The molecule has 8 heteroatoms. The van der Waals surface area contributed by atoms with Gasteiger partial charge in [-0.15, -0.1) is 11.3 Å². The van der Waals surface area contributed by atoms with E-state index in [-0.39, 0.29) is 30.2 Å². The van der Waals surface area contributed by atoms with Gasteiger partial charge in [0.25, 0.3) is 5.56 Å². The third-order valence-electron chi connectivity index (χ3n) is 5.05. The Bertz CT molecular complexity index is 1330. The molecule has 0 saturated carbocycles. The average molecular weight is 437 g/mol. The molecule has 0 radical (unpaired) electrons. The van der Waals surface area contributed by atoms with Crippen LogP contribution in [-0.2, 0) is 17.8 Å². The molecule has 31 heavy (non-hydrogen) atoms. The maximum atomic E-state index is 13.7. The van der Waals surface area contributed by atoms with Crippen molar-refractivity contribution in [3.63, 3.8) is 0 Å². The maximum Gasteiger partial charge on any atom is 0.261 e. The SMILES string of the molecule is Cc1ccc(Cc2cnc(NC(=O)CCn3cnc4c(C)cccc4c3=O)s2)cc1F. The van der Waals surface area contributed by atoms with E-state index in [4.69, 9.17) is 0 Å². The smallest absolute Gasteiger partial charge is 0.261 e. The van der Waals surface area contributed by atoms with Crippen molar-refractivity contribution in [2.75, 3.05) is 5.32 Å². The van der Waals surface area contributed by atoms with Gasteiger partial charge in [-0.2, -0.15) is 0 Å². The van der Waals surface area contributed by atoms with Gasteiger partial charge < -0.3 is 5.32 Å². The number of benzene rings is 2. The van der Waals surface area contributed by atoms with Crippen molar-refractivity contribution in [2.45, 2.75) is 33.2 Å². The van der Waals surface area contributed by atoms with E-state index in [1.165, 1.54) is 28.3 Å². The lowest BCUT2D eigenvalue weighted by Crippen LogP contribution is -2.23. The van der Waals surface area contributed by atoms with Gasteiger partial charge in [0.1, 0.15) is 5.82 Å². The topological polar surface area (TPSA) is 76.9 Å². The van der Waals surface area contributed by atoms with Crippen molar-refractivity contribution < 1.29 is 9.18 Å². The summed E-state index contributed by atoms with van der Waals surface area (Å²) in [7, 11) is 0. The zero-order valence-corrected chi connectivity index (χ0v) is 18.0. The molecule has 0 saturated heterocycles. The van der Waals surface area contributed by atoms with Gasteiger partial charge in [-0.05, 0) is 42.7 Å². The minimum absolute atomic E-state index is 0.122. The highest BCUT2D eigenvalue weighted by molar-refractivity contribution is 7.15. The number of halogens is 1. The summed E-state index contributed by atoms with van der Waals surface area (Å²) in [5.74, 6) is -0.470. The Morgan fingerprint density at radius 3 is 2.81 bits per heavy atom. The fourth-order valence-electron chi connectivity index (χ4n) is 3.30. The van der Waals surface area contributed by atoms with Gasteiger partial charge in [0.05, 0.1) is 17.2 Å². The first kappa shape index (κ1) is 20.9. The average Bonchev–Trinajstić information content (AvgIpc) is 3.17. The first-order valence-electron chi connectivity index (χ1n) is 9.85. The van der Waals surface area contributed by atoms with Crippen LogP contribution in [0.1, 0.15) is 28.0 Å². The quantitative estimate of drug-likeness (QED) is 0.491. The summed E-state index contributed by atoms with van der Waals surface area (Å²) >= 11 is 1.35. The third-order valence-corrected chi connectivity index (χ3v) is 5.96. The van der Waals surface area contributed by atoms with Crippen LogP contribution in [0.3, 0.4) is 0 Å². The van der Waals surface area contributed by atoms with Gasteiger partial charge in [0.2, 0.25) is 5.91 Å². The van der Waals surface area contributed by atoms with Crippen LogP contribution in [0, 0.1) is 19.7 Å². The molecule has 0 atom stereocenters. The van der Waals surface area contributed by atoms with Crippen LogP contribution in [0.5, 0.6) is 0 Å². The summed E-state index contributed by atoms with van der Waals surface area (Å²) in [6.45, 7) is 3.86. The fraction of sp³-hybridized carbons (Fsp3) is 0.217. The normalized spacial score (nSPS) is 11.1. The van der Waals surface area contributed by atoms with Gasteiger partial charge in [-0.1, -0.05) is 24.3 Å². The Balaban J connectivity index is 1.37. The zero-order valence-electron chi connectivity index (χ0n) is 17.2. The van der Waals surface area contributed by atoms with Gasteiger partial charge in [0.15, 0.2) is 5.13 Å². The first-order valence-corrected chi connectivity index (χ1v) is 10.7. The summed E-state index contributed by atoms with van der Waals surface area (Å²) < 4.78 is 15.2. The lowest BCUT2D eigenvalue weighted by Gasteiger charge is -2.07. The maximum absolute atomic E-state index is 13.7. The molecular weight excluding hydrogens is 415 g/mol. The van der Waals surface area contributed by atoms with Gasteiger partial charge in [0, 0.05) is 30.5 Å². The van der Waals surface area contributed by atoms with Crippen molar-refractivity contribution in [3.8, 4) is 0 Å². The molecule has 0 aliphatic heterocycles. The number of thiazole rings is 1. The summed E-state index contributed by atoms with van der Waals surface area (Å²) in [6.07, 6.45) is 3.82. The second kappa shape index (κ2) is 8.77. The Morgan fingerprint density at radius 2 is 2.00 bits per heavy atom. The summed E-state index contributed by atoms with van der Waals surface area (Å²) in [6, 6.07) is 10.6. The van der Waals surface area contributed by atoms with E-state index < -0.39 is 0 Å². The molecule has 2 aromatic heterocycles. The van der Waals surface area contributed by atoms with Crippen LogP contribution in [0.15, 0.2) is 53.7 Å². The number of hydrogen-bond donors (Lipinski definition) is 1. The molecule has 0 spiro atoms. The van der Waals surface area contributed by atoms with Crippen molar-refractivity contribution in [3.05, 3.63) is 86.7 Å².